The topological polar surface area (TPSA) is 77.2 Å². The SMILES string of the molecule is CCCCn1c2ccccc2c2nnc(N/N=C/c3ccc(OC)c(Br)c3)nc21. The maximum Gasteiger partial charge on any atom is 0.265 e. The third-order valence-electron chi connectivity index (χ3n) is 4.66. The molecule has 0 aliphatic heterocycles. The fraction of sp³-hybridized carbons (Fsp3) is 0.238. The highest BCUT2D eigenvalue weighted by Crippen LogP contribution is 2.27. The summed E-state index contributed by atoms with van der Waals surface area (Å²) in [5.41, 5.74) is 6.55. The summed E-state index contributed by atoms with van der Waals surface area (Å²) in [6.45, 7) is 3.07. The van der Waals surface area contributed by atoms with E-state index in [-0.39, 0.29) is 0 Å². The molecular weight excluding hydrogens is 432 g/mol. The van der Waals surface area contributed by atoms with Crippen LogP contribution in [0.1, 0.15) is 25.3 Å². The van der Waals surface area contributed by atoms with Crippen molar-refractivity contribution in [3.63, 3.8) is 0 Å². The summed E-state index contributed by atoms with van der Waals surface area (Å²) >= 11 is 3.47. The molecule has 0 aliphatic carbocycles. The van der Waals surface area contributed by atoms with Crippen molar-refractivity contribution < 1.29 is 4.74 Å². The van der Waals surface area contributed by atoms with Crippen LogP contribution in [-0.2, 0) is 6.54 Å². The molecule has 0 saturated carbocycles. The molecule has 0 atom stereocenters. The summed E-state index contributed by atoms with van der Waals surface area (Å²) in [5.74, 6) is 1.13. The zero-order valence-electron chi connectivity index (χ0n) is 16.3. The minimum absolute atomic E-state index is 0.363. The van der Waals surface area contributed by atoms with Crippen molar-refractivity contribution in [2.45, 2.75) is 26.3 Å². The van der Waals surface area contributed by atoms with Crippen molar-refractivity contribution in [1.29, 1.82) is 0 Å². The summed E-state index contributed by atoms with van der Waals surface area (Å²) in [6.07, 6.45) is 3.88. The summed E-state index contributed by atoms with van der Waals surface area (Å²) in [7, 11) is 1.63. The molecule has 0 spiro atoms. The number of fused-ring (bicyclic) bond motifs is 3. The number of anilines is 1. The molecule has 7 nitrogen and oxygen atoms in total. The number of hydrogen-bond acceptors (Lipinski definition) is 6. The highest BCUT2D eigenvalue weighted by molar-refractivity contribution is 9.10. The van der Waals surface area contributed by atoms with Crippen LogP contribution in [0.3, 0.4) is 0 Å². The number of unbranched alkanes of at least 4 members (excludes halogenated alkanes) is 1. The number of para-hydroxylation sites is 1. The number of methoxy groups -OCH3 is 1. The van der Waals surface area contributed by atoms with Crippen LogP contribution in [-0.4, -0.2) is 33.1 Å². The van der Waals surface area contributed by atoms with E-state index in [0.717, 1.165) is 57.2 Å². The number of rotatable bonds is 7. The summed E-state index contributed by atoms with van der Waals surface area (Å²) in [5, 5.41) is 13.9. The van der Waals surface area contributed by atoms with Gasteiger partial charge in [-0.3, -0.25) is 0 Å². The molecule has 0 aliphatic rings. The van der Waals surface area contributed by atoms with Crippen molar-refractivity contribution >= 4 is 50.2 Å². The van der Waals surface area contributed by atoms with Crippen LogP contribution in [0.25, 0.3) is 22.1 Å². The number of benzene rings is 2. The summed E-state index contributed by atoms with van der Waals surface area (Å²) < 4.78 is 8.31. The first-order valence-corrected chi connectivity index (χ1v) is 10.2. The molecular formula is C21H21BrN6O. The Kier molecular flexibility index (Phi) is 5.71. The maximum atomic E-state index is 5.24. The number of nitrogens with zero attached hydrogens (tertiary/aromatic N) is 5. The molecule has 0 fully saturated rings. The van der Waals surface area contributed by atoms with Crippen molar-refractivity contribution in [2.75, 3.05) is 12.5 Å². The van der Waals surface area contributed by atoms with E-state index in [9.17, 15) is 0 Å². The van der Waals surface area contributed by atoms with E-state index in [2.05, 4.69) is 65.3 Å². The second-order valence-corrected chi connectivity index (χ2v) is 7.45. The van der Waals surface area contributed by atoms with Crippen LogP contribution in [0.4, 0.5) is 5.95 Å². The predicted octanol–water partition coefficient (Wildman–Crippen LogP) is 5.00. The zero-order valence-corrected chi connectivity index (χ0v) is 17.8. The lowest BCUT2D eigenvalue weighted by Gasteiger charge is -2.05. The number of aryl methyl sites for hydroxylation is 1. The number of nitrogens with one attached hydrogen (secondary N) is 1. The Bertz CT molecular complexity index is 1190. The van der Waals surface area contributed by atoms with Crippen molar-refractivity contribution in [3.05, 3.63) is 52.5 Å². The van der Waals surface area contributed by atoms with Gasteiger partial charge in [0, 0.05) is 11.9 Å². The van der Waals surface area contributed by atoms with Gasteiger partial charge in [-0.25, -0.2) is 5.43 Å². The van der Waals surface area contributed by atoms with Gasteiger partial charge in [-0.05, 0) is 52.2 Å². The average molecular weight is 453 g/mol. The Morgan fingerprint density at radius 1 is 1.21 bits per heavy atom. The molecule has 2 heterocycles. The lowest BCUT2D eigenvalue weighted by Crippen LogP contribution is -2.03. The minimum atomic E-state index is 0.363. The Morgan fingerprint density at radius 3 is 2.86 bits per heavy atom. The molecule has 0 bridgehead atoms. The molecule has 2 aromatic heterocycles. The summed E-state index contributed by atoms with van der Waals surface area (Å²) in [6, 6.07) is 13.9. The Balaban J connectivity index is 1.63. The van der Waals surface area contributed by atoms with E-state index >= 15 is 0 Å². The molecule has 0 saturated heterocycles. The minimum Gasteiger partial charge on any atom is -0.496 e. The second-order valence-electron chi connectivity index (χ2n) is 6.59. The van der Waals surface area contributed by atoms with Gasteiger partial charge in [0.2, 0.25) is 0 Å². The van der Waals surface area contributed by atoms with Crippen molar-refractivity contribution in [1.82, 2.24) is 19.7 Å². The first-order valence-electron chi connectivity index (χ1n) is 9.45. The Labute approximate surface area is 176 Å². The number of aromatic nitrogens is 4. The fourth-order valence-corrected chi connectivity index (χ4v) is 3.78. The number of hydrogen-bond donors (Lipinski definition) is 1. The van der Waals surface area contributed by atoms with Crippen LogP contribution < -0.4 is 10.2 Å². The van der Waals surface area contributed by atoms with E-state index in [4.69, 9.17) is 4.74 Å². The largest absolute Gasteiger partial charge is 0.496 e. The lowest BCUT2D eigenvalue weighted by molar-refractivity contribution is 0.412. The molecule has 148 valence electrons. The van der Waals surface area contributed by atoms with Crippen LogP contribution in [0, 0.1) is 0 Å². The van der Waals surface area contributed by atoms with Gasteiger partial charge >= 0.3 is 0 Å². The highest BCUT2D eigenvalue weighted by atomic mass is 79.9. The van der Waals surface area contributed by atoms with Crippen LogP contribution in [0.5, 0.6) is 5.75 Å². The molecule has 0 radical (unpaired) electrons. The summed E-state index contributed by atoms with van der Waals surface area (Å²) in [4.78, 5) is 4.68. The average Bonchev–Trinajstić information content (AvgIpc) is 3.05. The van der Waals surface area contributed by atoms with Crippen LogP contribution >= 0.6 is 15.9 Å². The van der Waals surface area contributed by atoms with E-state index in [1.54, 1.807) is 13.3 Å². The van der Waals surface area contributed by atoms with Gasteiger partial charge in [-0.15, -0.1) is 10.2 Å². The molecule has 4 aromatic rings. The van der Waals surface area contributed by atoms with Crippen molar-refractivity contribution in [2.24, 2.45) is 5.10 Å². The third-order valence-corrected chi connectivity index (χ3v) is 5.28. The Hall–Kier alpha value is -3.00. The molecule has 4 rings (SSSR count). The van der Waals surface area contributed by atoms with Gasteiger partial charge < -0.3 is 9.30 Å². The van der Waals surface area contributed by atoms with Gasteiger partial charge in [0.15, 0.2) is 5.65 Å². The second kappa shape index (κ2) is 8.57. The van der Waals surface area contributed by atoms with Gasteiger partial charge in [0.05, 0.1) is 23.3 Å². The highest BCUT2D eigenvalue weighted by Gasteiger charge is 2.14. The molecule has 2 aromatic carbocycles. The van der Waals surface area contributed by atoms with Gasteiger partial charge in [-0.1, -0.05) is 31.5 Å². The molecule has 0 unspecified atom stereocenters. The van der Waals surface area contributed by atoms with Gasteiger partial charge in [-0.2, -0.15) is 10.1 Å². The Morgan fingerprint density at radius 2 is 2.07 bits per heavy atom. The number of hydrazone groups is 1. The molecule has 29 heavy (non-hydrogen) atoms. The maximum absolute atomic E-state index is 5.24. The molecule has 0 amide bonds. The zero-order chi connectivity index (χ0) is 20.2. The van der Waals surface area contributed by atoms with E-state index < -0.39 is 0 Å². The molecule has 8 heteroatoms. The van der Waals surface area contributed by atoms with E-state index in [0.29, 0.717) is 5.95 Å². The predicted molar refractivity (Wildman–Crippen MR) is 120 cm³/mol. The normalized spacial score (nSPS) is 11.6. The van der Waals surface area contributed by atoms with Crippen molar-refractivity contribution in [3.8, 4) is 5.75 Å². The lowest BCUT2D eigenvalue weighted by atomic mass is 10.2. The smallest absolute Gasteiger partial charge is 0.265 e. The third kappa shape index (κ3) is 3.93. The van der Waals surface area contributed by atoms with Gasteiger partial charge in [0.25, 0.3) is 5.95 Å². The van der Waals surface area contributed by atoms with Crippen LogP contribution in [0.2, 0.25) is 0 Å². The molecule has 1 N–H and O–H groups in total. The number of halogens is 1. The van der Waals surface area contributed by atoms with E-state index in [1.807, 2.05) is 30.3 Å². The fourth-order valence-electron chi connectivity index (χ4n) is 3.22. The number of ether oxygens (including phenoxy) is 1. The first kappa shape index (κ1) is 19.3. The quantitative estimate of drug-likeness (QED) is 0.315. The monoisotopic (exact) mass is 452 g/mol. The van der Waals surface area contributed by atoms with Crippen LogP contribution in [0.15, 0.2) is 52.0 Å². The first-order chi connectivity index (χ1) is 14.2. The standard InChI is InChI=1S/C21H21BrN6O/c1-3-4-11-28-17-8-6-5-7-15(17)19-20(28)24-21(27-25-19)26-23-13-14-9-10-18(29-2)16(22)12-14/h5-10,12-13H,3-4,11H2,1-2H3,(H,24,26,27)/b23-13+. The van der Waals surface area contributed by atoms with Gasteiger partial charge in [0.1, 0.15) is 11.3 Å². The van der Waals surface area contributed by atoms with E-state index in [1.165, 1.54) is 0 Å².